The van der Waals surface area contributed by atoms with Crippen LogP contribution in [0.5, 0.6) is 0 Å². The lowest BCUT2D eigenvalue weighted by atomic mass is 10.2. The third kappa shape index (κ3) is 3.40. The van der Waals surface area contributed by atoms with Crippen LogP contribution in [0.2, 0.25) is 0 Å². The van der Waals surface area contributed by atoms with E-state index in [2.05, 4.69) is 29.2 Å². The van der Waals surface area contributed by atoms with Crippen LogP contribution in [0.1, 0.15) is 6.42 Å². The van der Waals surface area contributed by atoms with Crippen molar-refractivity contribution in [3.8, 4) is 0 Å². The lowest BCUT2D eigenvalue weighted by Gasteiger charge is -2.34. The highest BCUT2D eigenvalue weighted by Crippen LogP contribution is 2.07. The monoisotopic (exact) mass is 240 g/mol. The number of likely N-dealkylation sites (N-methyl/N-ethyl adjacent to an activating group) is 2. The quantitative estimate of drug-likeness (QED) is 0.691. The molecule has 0 aromatic heterocycles. The van der Waals surface area contributed by atoms with Crippen LogP contribution >= 0.6 is 0 Å². The summed E-state index contributed by atoms with van der Waals surface area (Å²) in [5, 5.41) is 3.34. The average molecular weight is 240 g/mol. The number of nitrogens with one attached hydrogen (secondary N) is 1. The fourth-order valence-electron chi connectivity index (χ4n) is 2.51. The molecule has 1 atom stereocenters. The highest BCUT2D eigenvalue weighted by Gasteiger charge is 2.24. The van der Waals surface area contributed by atoms with Gasteiger partial charge in [0.05, 0.1) is 6.54 Å². The molecule has 2 heterocycles. The maximum absolute atomic E-state index is 12.1. The average Bonchev–Trinajstić information content (AvgIpc) is 2.83. The van der Waals surface area contributed by atoms with Gasteiger partial charge in [0.1, 0.15) is 0 Å². The maximum Gasteiger partial charge on any atom is 0.236 e. The van der Waals surface area contributed by atoms with E-state index in [0.717, 1.165) is 45.7 Å². The number of piperazine rings is 1. The molecule has 0 aliphatic carbocycles. The molecule has 0 bridgehead atoms. The van der Waals surface area contributed by atoms with Gasteiger partial charge in [-0.3, -0.25) is 9.69 Å². The summed E-state index contributed by atoms with van der Waals surface area (Å²) >= 11 is 0. The van der Waals surface area contributed by atoms with Crippen LogP contribution in [0.4, 0.5) is 0 Å². The zero-order valence-corrected chi connectivity index (χ0v) is 11.0. The molecule has 5 nitrogen and oxygen atoms in total. The van der Waals surface area contributed by atoms with Gasteiger partial charge in [0.2, 0.25) is 5.91 Å². The Morgan fingerprint density at radius 1 is 1.35 bits per heavy atom. The largest absolute Gasteiger partial charge is 0.339 e. The third-order valence-corrected chi connectivity index (χ3v) is 3.90. The minimum atomic E-state index is 0.285. The fourth-order valence-corrected chi connectivity index (χ4v) is 2.51. The Morgan fingerprint density at radius 3 is 2.65 bits per heavy atom. The number of nitrogens with zero attached hydrogens (tertiary/aromatic N) is 3. The molecule has 2 fully saturated rings. The van der Waals surface area contributed by atoms with Crippen molar-refractivity contribution in [1.82, 2.24) is 20.0 Å². The summed E-state index contributed by atoms with van der Waals surface area (Å²) in [5.74, 6) is 0.285. The first-order chi connectivity index (χ1) is 8.16. The van der Waals surface area contributed by atoms with Gasteiger partial charge < -0.3 is 15.1 Å². The summed E-state index contributed by atoms with van der Waals surface area (Å²) in [4.78, 5) is 18.6. The smallest absolute Gasteiger partial charge is 0.236 e. The molecule has 0 aromatic rings. The molecule has 0 saturated carbocycles. The maximum atomic E-state index is 12.1. The molecule has 5 heteroatoms. The van der Waals surface area contributed by atoms with E-state index in [0.29, 0.717) is 12.6 Å². The Hall–Kier alpha value is -0.650. The molecule has 98 valence electrons. The Kier molecular flexibility index (Phi) is 4.36. The molecule has 0 radical (unpaired) electrons. The number of hydrogen-bond acceptors (Lipinski definition) is 4. The van der Waals surface area contributed by atoms with E-state index in [4.69, 9.17) is 0 Å². The van der Waals surface area contributed by atoms with Crippen LogP contribution in [0.25, 0.3) is 0 Å². The van der Waals surface area contributed by atoms with Crippen molar-refractivity contribution in [1.29, 1.82) is 0 Å². The van der Waals surface area contributed by atoms with Gasteiger partial charge in [-0.2, -0.15) is 0 Å². The summed E-state index contributed by atoms with van der Waals surface area (Å²) < 4.78 is 0. The molecule has 2 saturated heterocycles. The number of hydrogen-bond donors (Lipinski definition) is 1. The van der Waals surface area contributed by atoms with Crippen molar-refractivity contribution < 1.29 is 4.79 Å². The van der Waals surface area contributed by atoms with Gasteiger partial charge in [0, 0.05) is 38.8 Å². The van der Waals surface area contributed by atoms with Crippen molar-refractivity contribution in [2.45, 2.75) is 12.5 Å². The summed E-state index contributed by atoms with van der Waals surface area (Å²) in [5.41, 5.74) is 0. The van der Waals surface area contributed by atoms with Gasteiger partial charge in [-0.05, 0) is 27.1 Å². The van der Waals surface area contributed by atoms with Crippen LogP contribution in [0.15, 0.2) is 0 Å². The van der Waals surface area contributed by atoms with Crippen LogP contribution in [0.3, 0.4) is 0 Å². The number of amides is 1. The van der Waals surface area contributed by atoms with E-state index >= 15 is 0 Å². The van der Waals surface area contributed by atoms with Crippen molar-refractivity contribution in [3.63, 3.8) is 0 Å². The van der Waals surface area contributed by atoms with E-state index in [1.165, 1.54) is 0 Å². The second-order valence-electron chi connectivity index (χ2n) is 5.25. The predicted molar refractivity (Wildman–Crippen MR) is 68.0 cm³/mol. The number of carbonyl (C=O) groups excluding carboxylic acids is 1. The van der Waals surface area contributed by atoms with E-state index < -0.39 is 0 Å². The van der Waals surface area contributed by atoms with Crippen LogP contribution in [0, 0.1) is 0 Å². The van der Waals surface area contributed by atoms with Crippen LogP contribution < -0.4 is 5.32 Å². The van der Waals surface area contributed by atoms with Gasteiger partial charge in [-0.1, -0.05) is 0 Å². The Balaban J connectivity index is 1.76. The normalized spacial score (nSPS) is 26.8. The third-order valence-electron chi connectivity index (χ3n) is 3.90. The van der Waals surface area contributed by atoms with Crippen molar-refractivity contribution in [2.24, 2.45) is 0 Å². The Morgan fingerprint density at radius 2 is 2.06 bits per heavy atom. The lowest BCUT2D eigenvalue weighted by molar-refractivity contribution is -0.134. The van der Waals surface area contributed by atoms with Gasteiger partial charge in [0.15, 0.2) is 0 Å². The van der Waals surface area contributed by atoms with Crippen molar-refractivity contribution in [3.05, 3.63) is 0 Å². The molecule has 2 rings (SSSR count). The highest BCUT2D eigenvalue weighted by molar-refractivity contribution is 5.78. The molecule has 1 amide bonds. The summed E-state index contributed by atoms with van der Waals surface area (Å²) in [6.07, 6.45) is 1.16. The molecule has 0 spiro atoms. The van der Waals surface area contributed by atoms with E-state index in [1.54, 1.807) is 0 Å². The summed E-state index contributed by atoms with van der Waals surface area (Å²) in [6, 6.07) is 0.534. The minimum Gasteiger partial charge on any atom is -0.339 e. The van der Waals surface area contributed by atoms with Crippen molar-refractivity contribution in [2.75, 3.05) is 59.9 Å². The molecule has 1 N–H and O–H groups in total. The second-order valence-corrected chi connectivity index (χ2v) is 5.25. The van der Waals surface area contributed by atoms with Crippen LogP contribution in [-0.4, -0.2) is 86.6 Å². The second kappa shape index (κ2) is 5.80. The molecular weight excluding hydrogens is 216 g/mol. The first-order valence-electron chi connectivity index (χ1n) is 6.54. The molecular formula is C12H24N4O. The first-order valence-corrected chi connectivity index (χ1v) is 6.54. The van der Waals surface area contributed by atoms with Gasteiger partial charge in [0.25, 0.3) is 0 Å². The zero-order chi connectivity index (χ0) is 12.3. The standard InChI is InChI=1S/C12H24N4O/c1-14-5-7-16(8-6-14)12(17)10-15(2)11-3-4-13-9-11/h11,13H,3-10H2,1-2H3. The summed E-state index contributed by atoms with van der Waals surface area (Å²) in [6.45, 7) is 6.43. The zero-order valence-electron chi connectivity index (χ0n) is 11.0. The molecule has 1 unspecified atom stereocenters. The number of rotatable bonds is 3. The molecule has 17 heavy (non-hydrogen) atoms. The highest BCUT2D eigenvalue weighted by atomic mass is 16.2. The van der Waals surface area contributed by atoms with E-state index in [-0.39, 0.29) is 5.91 Å². The van der Waals surface area contributed by atoms with Gasteiger partial charge in [-0.25, -0.2) is 0 Å². The molecule has 2 aliphatic heterocycles. The van der Waals surface area contributed by atoms with E-state index in [1.807, 2.05) is 4.90 Å². The van der Waals surface area contributed by atoms with E-state index in [9.17, 15) is 4.79 Å². The fraction of sp³-hybridized carbons (Fsp3) is 0.917. The predicted octanol–water partition coefficient (Wildman–Crippen LogP) is -0.946. The summed E-state index contributed by atoms with van der Waals surface area (Å²) in [7, 11) is 4.17. The molecule has 0 aromatic carbocycles. The Bertz CT molecular complexity index is 257. The molecule has 2 aliphatic rings. The van der Waals surface area contributed by atoms with Crippen LogP contribution in [-0.2, 0) is 4.79 Å². The lowest BCUT2D eigenvalue weighted by Crippen LogP contribution is -2.50. The first kappa shape index (κ1) is 12.8. The minimum absolute atomic E-state index is 0.285. The Labute approximate surface area is 104 Å². The van der Waals surface area contributed by atoms with Crippen molar-refractivity contribution >= 4 is 5.91 Å². The SMILES string of the molecule is CN1CCN(C(=O)CN(C)C2CCNC2)CC1. The topological polar surface area (TPSA) is 38.8 Å². The van der Waals surface area contributed by atoms with Gasteiger partial charge in [-0.15, -0.1) is 0 Å². The van der Waals surface area contributed by atoms with Gasteiger partial charge >= 0.3 is 0 Å². The number of carbonyl (C=O) groups is 1.